The second-order valence-electron chi connectivity index (χ2n) is 4.12. The first-order valence-corrected chi connectivity index (χ1v) is 7.52. The van der Waals surface area contributed by atoms with Crippen molar-refractivity contribution in [1.29, 1.82) is 0 Å². The number of carbonyl (C=O) groups is 1. The van der Waals surface area contributed by atoms with E-state index in [0.717, 1.165) is 3.79 Å². The highest BCUT2D eigenvalue weighted by molar-refractivity contribution is 9.11. The lowest BCUT2D eigenvalue weighted by Crippen LogP contribution is -2.21. The predicted molar refractivity (Wildman–Crippen MR) is 77.7 cm³/mol. The minimum Gasteiger partial charge on any atom is -0.361 e. The van der Waals surface area contributed by atoms with Gasteiger partial charge in [0.1, 0.15) is 5.76 Å². The normalized spacial score (nSPS) is 10.8. The molecular weight excluding hydrogens is 360 g/mol. The Morgan fingerprint density at radius 2 is 2.24 bits per heavy atom. The molecule has 1 N–H and O–H groups in total. The lowest BCUT2D eigenvalue weighted by molar-refractivity contribution is 0.0950. The molecule has 1 amide bonds. The summed E-state index contributed by atoms with van der Waals surface area (Å²) in [7, 11) is 0. The maximum absolute atomic E-state index is 11.9. The fourth-order valence-corrected chi connectivity index (χ4v) is 2.88. The molecule has 0 spiro atoms. The summed E-state index contributed by atoms with van der Waals surface area (Å²) in [5.41, 5.74) is 0.496. The van der Waals surface area contributed by atoms with E-state index in [1.54, 1.807) is 19.1 Å². The molecule has 0 fully saturated rings. The van der Waals surface area contributed by atoms with Gasteiger partial charge in [-0.05, 0) is 35.0 Å². The number of aryl methyl sites for hydroxylation is 1. The van der Waals surface area contributed by atoms with Crippen molar-refractivity contribution in [3.05, 3.63) is 38.5 Å². The van der Waals surface area contributed by atoms with Gasteiger partial charge < -0.3 is 14.4 Å². The Morgan fingerprint density at radius 3 is 2.90 bits per heavy atom. The first-order chi connectivity index (χ1) is 10.1. The van der Waals surface area contributed by atoms with Gasteiger partial charge in [0.05, 0.1) is 15.2 Å². The summed E-state index contributed by atoms with van der Waals surface area (Å²) in [6.07, 6.45) is 0. The Morgan fingerprint density at radius 1 is 1.38 bits per heavy atom. The third-order valence-electron chi connectivity index (χ3n) is 2.52. The first-order valence-electron chi connectivity index (χ1n) is 5.91. The average molecular weight is 369 g/mol. The lowest BCUT2D eigenvalue weighted by Gasteiger charge is -1.98. The molecule has 0 unspecified atom stereocenters. The molecule has 3 aromatic heterocycles. The van der Waals surface area contributed by atoms with Gasteiger partial charge in [0.15, 0.2) is 5.69 Å². The Hall–Kier alpha value is -2.00. The van der Waals surface area contributed by atoms with Crippen molar-refractivity contribution in [2.45, 2.75) is 13.5 Å². The lowest BCUT2D eigenvalue weighted by atomic mass is 10.4. The van der Waals surface area contributed by atoms with Gasteiger partial charge in [-0.2, -0.15) is 4.98 Å². The van der Waals surface area contributed by atoms with Crippen molar-refractivity contribution in [3.63, 3.8) is 0 Å². The topological polar surface area (TPSA) is 94.1 Å². The third kappa shape index (κ3) is 3.19. The van der Waals surface area contributed by atoms with Crippen molar-refractivity contribution in [3.8, 4) is 11.5 Å². The molecule has 9 heteroatoms. The number of hydrogen-bond acceptors (Lipinski definition) is 7. The molecule has 0 radical (unpaired) electrons. The van der Waals surface area contributed by atoms with Gasteiger partial charge in [0.25, 0.3) is 5.91 Å². The molecule has 3 rings (SSSR count). The number of amides is 1. The van der Waals surface area contributed by atoms with Crippen LogP contribution in [-0.4, -0.2) is 21.2 Å². The summed E-state index contributed by atoms with van der Waals surface area (Å²) in [6, 6.07) is 5.26. The van der Waals surface area contributed by atoms with E-state index in [-0.39, 0.29) is 12.5 Å². The average Bonchev–Trinajstić information content (AvgIpc) is 3.16. The highest BCUT2D eigenvalue weighted by Crippen LogP contribution is 2.22. The Bertz CT molecular complexity index is 779. The number of rotatable bonds is 4. The van der Waals surface area contributed by atoms with Crippen LogP contribution in [0.1, 0.15) is 21.3 Å². The molecular formula is C12H9BrN4O3S. The molecule has 21 heavy (non-hydrogen) atoms. The molecule has 3 heterocycles. The second-order valence-corrected chi connectivity index (χ2v) is 6.58. The van der Waals surface area contributed by atoms with Crippen LogP contribution in [0.3, 0.4) is 0 Å². The molecule has 108 valence electrons. The van der Waals surface area contributed by atoms with Crippen molar-refractivity contribution in [1.82, 2.24) is 20.6 Å². The van der Waals surface area contributed by atoms with Crippen LogP contribution in [0.5, 0.6) is 0 Å². The van der Waals surface area contributed by atoms with Crippen LogP contribution in [0.2, 0.25) is 0 Å². The fourth-order valence-electron chi connectivity index (χ4n) is 1.58. The smallest absolute Gasteiger partial charge is 0.261 e. The van der Waals surface area contributed by atoms with E-state index in [9.17, 15) is 4.79 Å². The SMILES string of the molecule is Cc1cc(-c2noc(CNC(=O)c3ccc(Br)s3)n2)no1. The van der Waals surface area contributed by atoms with Gasteiger partial charge in [-0.1, -0.05) is 10.3 Å². The molecule has 0 aliphatic carbocycles. The summed E-state index contributed by atoms with van der Waals surface area (Å²) < 4.78 is 10.9. The van der Waals surface area contributed by atoms with Crippen molar-refractivity contribution < 1.29 is 13.8 Å². The van der Waals surface area contributed by atoms with Gasteiger partial charge in [-0.15, -0.1) is 11.3 Å². The van der Waals surface area contributed by atoms with Crippen LogP contribution in [-0.2, 0) is 6.54 Å². The summed E-state index contributed by atoms with van der Waals surface area (Å²) in [5, 5.41) is 10.3. The summed E-state index contributed by atoms with van der Waals surface area (Å²) in [5.74, 6) is 1.10. The molecule has 0 bridgehead atoms. The van der Waals surface area contributed by atoms with Crippen LogP contribution in [0, 0.1) is 6.92 Å². The van der Waals surface area contributed by atoms with Crippen LogP contribution in [0.4, 0.5) is 0 Å². The number of thiophene rings is 1. The van der Waals surface area contributed by atoms with E-state index in [4.69, 9.17) is 9.05 Å². The van der Waals surface area contributed by atoms with E-state index in [2.05, 4.69) is 36.5 Å². The fraction of sp³-hybridized carbons (Fsp3) is 0.167. The summed E-state index contributed by atoms with van der Waals surface area (Å²) >= 11 is 4.66. The monoisotopic (exact) mass is 368 g/mol. The molecule has 7 nitrogen and oxygen atoms in total. The number of nitrogens with one attached hydrogen (secondary N) is 1. The quantitative estimate of drug-likeness (QED) is 0.760. The predicted octanol–water partition coefficient (Wildman–Crippen LogP) is 2.79. The van der Waals surface area contributed by atoms with E-state index < -0.39 is 0 Å². The first kappa shape index (κ1) is 14.0. The van der Waals surface area contributed by atoms with Gasteiger partial charge in [-0.25, -0.2) is 0 Å². The maximum atomic E-state index is 11.9. The molecule has 0 atom stereocenters. The zero-order valence-electron chi connectivity index (χ0n) is 10.8. The summed E-state index contributed by atoms with van der Waals surface area (Å²) in [6.45, 7) is 1.93. The standard InChI is InChI=1S/C12H9BrN4O3S/c1-6-4-7(16-19-6)11-15-10(20-17-11)5-14-12(18)8-2-3-9(13)21-8/h2-4H,5H2,1H3,(H,14,18). The van der Waals surface area contributed by atoms with E-state index >= 15 is 0 Å². The van der Waals surface area contributed by atoms with E-state index in [1.165, 1.54) is 11.3 Å². The van der Waals surface area contributed by atoms with Crippen LogP contribution in [0.25, 0.3) is 11.5 Å². The molecule has 0 saturated carbocycles. The van der Waals surface area contributed by atoms with E-state index in [0.29, 0.717) is 28.0 Å². The van der Waals surface area contributed by atoms with Crippen LogP contribution in [0.15, 0.2) is 31.0 Å². The number of halogens is 1. The van der Waals surface area contributed by atoms with Crippen LogP contribution >= 0.6 is 27.3 Å². The largest absolute Gasteiger partial charge is 0.361 e. The van der Waals surface area contributed by atoms with Crippen molar-refractivity contribution in [2.75, 3.05) is 0 Å². The number of hydrogen-bond donors (Lipinski definition) is 1. The second kappa shape index (κ2) is 5.78. The molecule has 3 aromatic rings. The Balaban J connectivity index is 1.64. The highest BCUT2D eigenvalue weighted by atomic mass is 79.9. The van der Waals surface area contributed by atoms with Gasteiger partial charge in [-0.3, -0.25) is 4.79 Å². The molecule has 0 aliphatic rings. The molecule has 0 aliphatic heterocycles. The number of nitrogens with zero attached hydrogens (tertiary/aromatic N) is 3. The zero-order valence-corrected chi connectivity index (χ0v) is 13.2. The van der Waals surface area contributed by atoms with Gasteiger partial charge in [0, 0.05) is 6.07 Å². The maximum Gasteiger partial charge on any atom is 0.261 e. The Kier molecular flexibility index (Phi) is 3.84. The van der Waals surface area contributed by atoms with E-state index in [1.807, 2.05) is 6.07 Å². The minimum absolute atomic E-state index is 0.151. The van der Waals surface area contributed by atoms with Crippen LogP contribution < -0.4 is 5.32 Å². The Labute approximate surface area is 131 Å². The van der Waals surface area contributed by atoms with Gasteiger partial charge >= 0.3 is 0 Å². The minimum atomic E-state index is -0.192. The van der Waals surface area contributed by atoms with Crippen molar-refractivity contribution >= 4 is 33.2 Å². The number of carbonyl (C=O) groups excluding carboxylic acids is 1. The molecule has 0 aromatic carbocycles. The molecule has 0 saturated heterocycles. The third-order valence-corrected chi connectivity index (χ3v) is 4.14. The highest BCUT2D eigenvalue weighted by Gasteiger charge is 2.14. The summed E-state index contributed by atoms with van der Waals surface area (Å²) in [4.78, 5) is 16.6. The van der Waals surface area contributed by atoms with Crippen molar-refractivity contribution in [2.24, 2.45) is 0 Å². The number of aromatic nitrogens is 3. The zero-order chi connectivity index (χ0) is 14.8. The van der Waals surface area contributed by atoms with Gasteiger partial charge in [0.2, 0.25) is 11.7 Å².